The summed E-state index contributed by atoms with van der Waals surface area (Å²) in [5.41, 5.74) is -0.130. The van der Waals surface area contributed by atoms with Crippen LogP contribution in [0.25, 0.3) is 0 Å². The zero-order valence-corrected chi connectivity index (χ0v) is 9.87. The summed E-state index contributed by atoms with van der Waals surface area (Å²) < 4.78 is 37.1. The third kappa shape index (κ3) is 2.60. The van der Waals surface area contributed by atoms with E-state index in [0.29, 0.717) is 23.6 Å². The van der Waals surface area contributed by atoms with Gasteiger partial charge >= 0.3 is 6.18 Å². The first-order valence-corrected chi connectivity index (χ1v) is 6.34. The fourth-order valence-electron chi connectivity index (χ4n) is 2.37. The Bertz CT molecular complexity index is 407. The van der Waals surface area contributed by atoms with Crippen LogP contribution in [0.5, 0.6) is 0 Å². The lowest BCUT2D eigenvalue weighted by Gasteiger charge is -2.19. The maximum absolute atomic E-state index is 12.4. The van der Waals surface area contributed by atoms with Gasteiger partial charge in [-0.2, -0.15) is 13.2 Å². The third-order valence-corrected chi connectivity index (χ3v) is 3.65. The van der Waals surface area contributed by atoms with Crippen molar-refractivity contribution >= 4 is 5.69 Å². The third-order valence-electron chi connectivity index (χ3n) is 3.65. The number of nitrogens with zero attached hydrogens (tertiary/aromatic N) is 1. The Kier molecular flexibility index (Phi) is 2.72. The summed E-state index contributed by atoms with van der Waals surface area (Å²) in [5, 5.41) is 3.35. The fraction of sp³-hybridized carbons (Fsp3) is 0.615. The first kappa shape index (κ1) is 11.8. The van der Waals surface area contributed by atoms with Gasteiger partial charge in [-0.15, -0.1) is 0 Å². The van der Waals surface area contributed by atoms with Crippen LogP contribution >= 0.6 is 0 Å². The van der Waals surface area contributed by atoms with E-state index in [4.69, 9.17) is 0 Å². The van der Waals surface area contributed by atoms with Crippen LogP contribution in [0, 0.1) is 11.8 Å². The van der Waals surface area contributed by atoms with Gasteiger partial charge < -0.3 is 5.32 Å². The largest absolute Gasteiger partial charge is 0.433 e. The highest BCUT2D eigenvalue weighted by atomic mass is 19.4. The summed E-state index contributed by atoms with van der Waals surface area (Å²) in [5.74, 6) is 1.42. The van der Waals surface area contributed by atoms with E-state index in [1.54, 1.807) is 0 Å². The number of alkyl halides is 3. The lowest BCUT2D eigenvalue weighted by molar-refractivity contribution is -0.141. The quantitative estimate of drug-likeness (QED) is 0.888. The molecule has 2 saturated carbocycles. The number of pyridine rings is 1. The monoisotopic (exact) mass is 256 g/mol. The second-order valence-electron chi connectivity index (χ2n) is 5.27. The summed E-state index contributed by atoms with van der Waals surface area (Å²) in [6.45, 7) is 0. The van der Waals surface area contributed by atoms with E-state index < -0.39 is 11.9 Å². The average Bonchev–Trinajstić information content (AvgIpc) is 3.16. The normalized spacial score (nSPS) is 20.2. The highest BCUT2D eigenvalue weighted by Crippen LogP contribution is 2.45. The van der Waals surface area contributed by atoms with Gasteiger partial charge in [0.15, 0.2) is 0 Å². The van der Waals surface area contributed by atoms with Gasteiger partial charge in [-0.25, -0.2) is 4.98 Å². The minimum absolute atomic E-state index is 0.434. The lowest BCUT2D eigenvalue weighted by Crippen LogP contribution is -2.24. The fourth-order valence-corrected chi connectivity index (χ4v) is 2.37. The van der Waals surface area contributed by atoms with Gasteiger partial charge in [-0.1, -0.05) is 0 Å². The predicted molar refractivity (Wildman–Crippen MR) is 62.1 cm³/mol. The van der Waals surface area contributed by atoms with Crippen molar-refractivity contribution in [1.29, 1.82) is 0 Å². The number of rotatable bonds is 4. The topological polar surface area (TPSA) is 24.9 Å². The van der Waals surface area contributed by atoms with Crippen molar-refractivity contribution in [3.05, 3.63) is 24.0 Å². The molecule has 0 unspecified atom stereocenters. The summed E-state index contributed by atoms with van der Waals surface area (Å²) in [7, 11) is 0. The van der Waals surface area contributed by atoms with Crippen LogP contribution in [0.2, 0.25) is 0 Å². The van der Waals surface area contributed by atoms with E-state index in [-0.39, 0.29) is 0 Å². The van der Waals surface area contributed by atoms with Gasteiger partial charge in [0.2, 0.25) is 0 Å². The van der Waals surface area contributed by atoms with Crippen LogP contribution in [-0.2, 0) is 6.18 Å². The highest BCUT2D eigenvalue weighted by molar-refractivity contribution is 5.43. The van der Waals surface area contributed by atoms with Gasteiger partial charge in [0, 0.05) is 6.04 Å². The first-order chi connectivity index (χ1) is 8.54. The lowest BCUT2D eigenvalue weighted by atomic mass is 10.1. The van der Waals surface area contributed by atoms with Crippen molar-refractivity contribution in [3.63, 3.8) is 0 Å². The van der Waals surface area contributed by atoms with Gasteiger partial charge in [-0.3, -0.25) is 0 Å². The first-order valence-electron chi connectivity index (χ1n) is 6.34. The Morgan fingerprint density at radius 2 is 1.72 bits per heavy atom. The van der Waals surface area contributed by atoms with Crippen molar-refractivity contribution in [2.24, 2.45) is 11.8 Å². The van der Waals surface area contributed by atoms with Gasteiger partial charge in [0.25, 0.3) is 0 Å². The molecule has 0 radical (unpaired) electrons. The molecule has 0 amide bonds. The molecule has 1 aromatic heterocycles. The predicted octanol–water partition coefficient (Wildman–Crippen LogP) is 3.70. The molecule has 0 saturated heterocycles. The molecule has 2 fully saturated rings. The second kappa shape index (κ2) is 4.14. The highest BCUT2D eigenvalue weighted by Gasteiger charge is 2.41. The molecule has 0 aliphatic heterocycles. The molecule has 18 heavy (non-hydrogen) atoms. The van der Waals surface area contributed by atoms with Crippen molar-refractivity contribution in [2.45, 2.75) is 37.9 Å². The Balaban J connectivity index is 1.68. The van der Waals surface area contributed by atoms with Crippen molar-refractivity contribution in [1.82, 2.24) is 4.98 Å². The van der Waals surface area contributed by atoms with E-state index in [2.05, 4.69) is 10.3 Å². The molecule has 2 aliphatic rings. The zero-order valence-electron chi connectivity index (χ0n) is 9.87. The van der Waals surface area contributed by atoms with Crippen LogP contribution in [0.15, 0.2) is 18.3 Å². The van der Waals surface area contributed by atoms with Gasteiger partial charge in [-0.05, 0) is 49.7 Å². The summed E-state index contributed by atoms with van der Waals surface area (Å²) >= 11 is 0. The molecule has 2 nitrogen and oxygen atoms in total. The zero-order chi connectivity index (χ0) is 12.8. The van der Waals surface area contributed by atoms with Crippen molar-refractivity contribution < 1.29 is 13.2 Å². The molecule has 98 valence electrons. The molecule has 1 N–H and O–H groups in total. The molecule has 0 aromatic carbocycles. The molecule has 2 aliphatic carbocycles. The maximum atomic E-state index is 12.4. The molecule has 3 rings (SSSR count). The molecule has 0 atom stereocenters. The maximum Gasteiger partial charge on any atom is 0.433 e. The summed E-state index contributed by atoms with van der Waals surface area (Å²) in [6.07, 6.45) is 1.89. The smallest absolute Gasteiger partial charge is 0.381 e. The molecule has 1 heterocycles. The minimum atomic E-state index is -4.36. The molecular formula is C13H15F3N2. The minimum Gasteiger partial charge on any atom is -0.381 e. The van der Waals surface area contributed by atoms with Gasteiger partial charge in [0.05, 0.1) is 11.9 Å². The van der Waals surface area contributed by atoms with Crippen molar-refractivity contribution in [3.8, 4) is 0 Å². The van der Waals surface area contributed by atoms with Crippen LogP contribution in [0.4, 0.5) is 18.9 Å². The molecule has 0 spiro atoms. The SMILES string of the molecule is FC(F)(F)c1ccc(NC(C2CC2)C2CC2)cn1. The van der Waals surface area contributed by atoms with E-state index in [1.807, 2.05) is 0 Å². The molecular weight excluding hydrogens is 241 g/mol. The Morgan fingerprint density at radius 1 is 1.11 bits per heavy atom. The van der Waals surface area contributed by atoms with E-state index in [9.17, 15) is 13.2 Å². The van der Waals surface area contributed by atoms with Crippen LogP contribution in [-0.4, -0.2) is 11.0 Å². The second-order valence-corrected chi connectivity index (χ2v) is 5.27. The number of aromatic nitrogens is 1. The van der Waals surface area contributed by atoms with E-state index in [0.717, 1.165) is 6.07 Å². The Hall–Kier alpha value is -1.26. The number of hydrogen-bond donors (Lipinski definition) is 1. The standard InChI is InChI=1S/C13H15F3N2/c14-13(15,16)11-6-5-10(7-17-11)18-12(8-1-2-8)9-3-4-9/h5-9,12,18H,1-4H2. The van der Waals surface area contributed by atoms with Crippen LogP contribution in [0.1, 0.15) is 31.4 Å². The number of halogens is 3. The summed E-state index contributed by atoms with van der Waals surface area (Å²) in [4.78, 5) is 3.47. The molecule has 1 aromatic rings. The van der Waals surface area contributed by atoms with Gasteiger partial charge in [0.1, 0.15) is 5.69 Å². The van der Waals surface area contributed by atoms with E-state index >= 15 is 0 Å². The number of hydrogen-bond acceptors (Lipinski definition) is 2. The van der Waals surface area contributed by atoms with Crippen LogP contribution in [0.3, 0.4) is 0 Å². The van der Waals surface area contributed by atoms with E-state index in [1.165, 1.54) is 37.9 Å². The van der Waals surface area contributed by atoms with Crippen LogP contribution < -0.4 is 5.32 Å². The number of nitrogens with one attached hydrogen (secondary N) is 1. The number of anilines is 1. The molecule has 5 heteroatoms. The average molecular weight is 256 g/mol. The Morgan fingerprint density at radius 3 is 2.11 bits per heavy atom. The molecule has 0 bridgehead atoms. The van der Waals surface area contributed by atoms with Crippen molar-refractivity contribution in [2.75, 3.05) is 5.32 Å². The summed E-state index contributed by atoms with van der Waals surface area (Å²) in [6, 6.07) is 2.95. The Labute approximate surface area is 104 Å².